The molecule has 0 aromatic rings. The van der Waals surface area contributed by atoms with Gasteiger partial charge in [0.25, 0.3) is 0 Å². The fourth-order valence-corrected chi connectivity index (χ4v) is 2.39. The molecule has 1 fully saturated rings. The third-order valence-electron chi connectivity index (χ3n) is 3.58. The molecule has 15 nitrogen and oxygen atoms in total. The van der Waals surface area contributed by atoms with Crippen molar-refractivity contribution in [3.8, 4) is 0 Å². The van der Waals surface area contributed by atoms with Gasteiger partial charge in [0.2, 0.25) is 0 Å². The van der Waals surface area contributed by atoms with E-state index in [4.69, 9.17) is 40.6 Å². The van der Waals surface area contributed by atoms with E-state index in [0.29, 0.717) is 0 Å². The smallest absolute Gasteiger partial charge is 0.394 e. The average Bonchev–Trinajstić information content (AvgIpc) is 2.65. The Labute approximate surface area is 175 Å². The minimum absolute atomic E-state index is 0. The van der Waals surface area contributed by atoms with E-state index in [1.165, 1.54) is 0 Å². The number of carbonyl (C=O) groups is 1. The van der Waals surface area contributed by atoms with Gasteiger partial charge in [-0.05, 0) is 0 Å². The van der Waals surface area contributed by atoms with Crippen LogP contribution in [0.15, 0.2) is 0 Å². The number of nitrogens with two attached hydrogens (primary N) is 1. The van der Waals surface area contributed by atoms with E-state index in [2.05, 4.69) is 4.18 Å². The second-order valence-electron chi connectivity index (χ2n) is 5.66. The van der Waals surface area contributed by atoms with E-state index in [1.54, 1.807) is 0 Å². The van der Waals surface area contributed by atoms with Gasteiger partial charge in [-0.3, -0.25) is 4.55 Å². The number of carbonyl (C=O) groups excluding carboxylic acids is 1. The number of hydrogen-bond acceptors (Lipinski definition) is 14. The fourth-order valence-electron chi connectivity index (χ4n) is 1.95. The molecule has 29 heavy (non-hydrogen) atoms. The van der Waals surface area contributed by atoms with Crippen molar-refractivity contribution in [1.29, 1.82) is 0 Å². The molecule has 1 radical (unpaired) electrons. The molecule has 11 N–H and O–H groups in total. The van der Waals surface area contributed by atoms with Gasteiger partial charge in [0.15, 0.2) is 18.7 Å². The standard InChI is InChI=1S/C6H13NO5.C6H12O9S.Cu/c7-3-5(10)4(9)2(1-8)12-6(3)11;7-1-3(9)5(10)6(11)4(2-8)15-16(12,13)14;/h2-6,8-11H,1,7H2;2-7,9-11H,1H2,(H,12,13,14);/t2-,3-,4-,5-,6-;3-,4+,5+,6-;/m11./s1. The molecule has 0 aromatic carbocycles. The molecule has 0 bridgehead atoms. The van der Waals surface area contributed by atoms with Crippen molar-refractivity contribution in [1.82, 2.24) is 0 Å². The van der Waals surface area contributed by atoms with Gasteiger partial charge in [-0.1, -0.05) is 0 Å². The zero-order valence-electron chi connectivity index (χ0n) is 14.5. The molecule has 0 amide bonds. The first-order valence-corrected chi connectivity index (χ1v) is 8.99. The Hall–Kier alpha value is -0.341. The van der Waals surface area contributed by atoms with E-state index in [-0.39, 0.29) is 23.4 Å². The summed E-state index contributed by atoms with van der Waals surface area (Å²) in [5.41, 5.74) is 5.26. The first kappa shape index (κ1) is 30.8. The second-order valence-corrected chi connectivity index (χ2v) is 6.71. The van der Waals surface area contributed by atoms with Crippen LogP contribution in [0.4, 0.5) is 0 Å². The maximum atomic E-state index is 10.3. The van der Waals surface area contributed by atoms with Crippen LogP contribution in [0.5, 0.6) is 0 Å². The molecule has 0 spiro atoms. The van der Waals surface area contributed by atoms with Crippen molar-refractivity contribution in [3.05, 3.63) is 0 Å². The third kappa shape index (κ3) is 10.0. The quantitative estimate of drug-likeness (QED) is 0.0837. The number of rotatable bonds is 8. The number of ether oxygens (including phenoxy) is 1. The maximum absolute atomic E-state index is 10.3. The van der Waals surface area contributed by atoms with Gasteiger partial charge < -0.3 is 56.1 Å². The first-order chi connectivity index (χ1) is 12.8. The van der Waals surface area contributed by atoms with Gasteiger partial charge in [-0.25, -0.2) is 4.18 Å². The second kappa shape index (κ2) is 13.9. The first-order valence-electron chi connectivity index (χ1n) is 7.62. The molecule has 0 saturated carbocycles. The van der Waals surface area contributed by atoms with E-state index in [1.807, 2.05) is 0 Å². The van der Waals surface area contributed by atoms with Crippen LogP contribution in [0, 0.1) is 0 Å². The monoisotopic (exact) mass is 502 g/mol. The van der Waals surface area contributed by atoms with Crippen LogP contribution in [-0.2, 0) is 41.2 Å². The molecule has 1 heterocycles. The van der Waals surface area contributed by atoms with E-state index < -0.39 is 78.7 Å². The van der Waals surface area contributed by atoms with Crippen LogP contribution in [0.3, 0.4) is 0 Å². The molecular formula is C12H25CuNO14S. The topological polar surface area (TPSA) is 278 Å². The molecule has 0 aromatic heterocycles. The summed E-state index contributed by atoms with van der Waals surface area (Å²) in [6, 6.07) is -1.04. The summed E-state index contributed by atoms with van der Waals surface area (Å²) in [4.78, 5) is 10.3. The zero-order chi connectivity index (χ0) is 22.2. The maximum Gasteiger partial charge on any atom is 0.398 e. The van der Waals surface area contributed by atoms with Crippen molar-refractivity contribution < 1.29 is 84.6 Å². The van der Waals surface area contributed by atoms with Crippen LogP contribution >= 0.6 is 0 Å². The zero-order valence-corrected chi connectivity index (χ0v) is 16.3. The third-order valence-corrected chi connectivity index (χ3v) is 4.05. The van der Waals surface area contributed by atoms with Crippen molar-refractivity contribution >= 4 is 16.7 Å². The minimum atomic E-state index is -4.99. The van der Waals surface area contributed by atoms with Gasteiger partial charge in [0.1, 0.15) is 36.6 Å². The van der Waals surface area contributed by atoms with Crippen LogP contribution in [0.2, 0.25) is 0 Å². The Morgan fingerprint density at radius 1 is 1.07 bits per heavy atom. The summed E-state index contributed by atoms with van der Waals surface area (Å²) >= 11 is 0. The summed E-state index contributed by atoms with van der Waals surface area (Å²) in [5.74, 6) is 0. The Bertz CT molecular complexity index is 562. The van der Waals surface area contributed by atoms with Crippen molar-refractivity contribution in [2.24, 2.45) is 5.73 Å². The minimum Gasteiger partial charge on any atom is -0.394 e. The van der Waals surface area contributed by atoms with Gasteiger partial charge in [0.05, 0.1) is 19.3 Å². The Balaban J connectivity index is 0. The van der Waals surface area contributed by atoms with Gasteiger partial charge in [0, 0.05) is 17.1 Å². The molecule has 0 aliphatic carbocycles. The molecule has 1 saturated heterocycles. The Morgan fingerprint density at radius 3 is 1.97 bits per heavy atom. The van der Waals surface area contributed by atoms with E-state index >= 15 is 0 Å². The van der Waals surface area contributed by atoms with Gasteiger partial charge in [-0.15, -0.1) is 0 Å². The van der Waals surface area contributed by atoms with E-state index in [9.17, 15) is 28.5 Å². The molecule has 9 atom stereocenters. The summed E-state index contributed by atoms with van der Waals surface area (Å²) in [6.07, 6.45) is -13.1. The average molecular weight is 503 g/mol. The Morgan fingerprint density at radius 2 is 1.59 bits per heavy atom. The number of hydrogen-bond donors (Lipinski definition) is 10. The van der Waals surface area contributed by atoms with Crippen LogP contribution in [0.1, 0.15) is 0 Å². The predicted molar refractivity (Wildman–Crippen MR) is 85.5 cm³/mol. The number of aldehydes is 1. The van der Waals surface area contributed by atoms with Crippen molar-refractivity contribution in [2.75, 3.05) is 13.2 Å². The van der Waals surface area contributed by atoms with Gasteiger partial charge in [-0.2, -0.15) is 8.42 Å². The molecule has 1 rings (SSSR count). The van der Waals surface area contributed by atoms with Crippen LogP contribution in [0.25, 0.3) is 0 Å². The molecule has 1 aliphatic heterocycles. The normalized spacial score (nSPS) is 31.3. The molecular weight excluding hydrogens is 478 g/mol. The molecule has 1 aliphatic rings. The fraction of sp³-hybridized carbons (Fsp3) is 0.917. The SMILES string of the molecule is N[C@@H]1[C@@H](O)[C@H](O)[C@@H](CO)O[C@H]1O.O=C[C@H](OS(=O)(=O)O)[C@@H](O)[C@@H](O)[C@H](O)CO.[Cu]. The summed E-state index contributed by atoms with van der Waals surface area (Å²) in [5, 5.41) is 71.7. The van der Waals surface area contributed by atoms with Crippen LogP contribution < -0.4 is 5.73 Å². The molecule has 179 valence electrons. The summed E-state index contributed by atoms with van der Waals surface area (Å²) < 4.78 is 37.1. The Kier molecular flexibility index (Phi) is 14.7. The van der Waals surface area contributed by atoms with Crippen molar-refractivity contribution in [3.63, 3.8) is 0 Å². The van der Waals surface area contributed by atoms with E-state index in [0.717, 1.165) is 0 Å². The van der Waals surface area contributed by atoms with Gasteiger partial charge >= 0.3 is 10.4 Å². The number of aliphatic hydroxyl groups excluding tert-OH is 8. The molecule has 0 unspecified atom stereocenters. The molecule has 17 heteroatoms. The predicted octanol–water partition coefficient (Wildman–Crippen LogP) is -6.81. The summed E-state index contributed by atoms with van der Waals surface area (Å²) in [6.45, 7) is -1.39. The van der Waals surface area contributed by atoms with Crippen molar-refractivity contribution in [2.45, 2.75) is 55.1 Å². The van der Waals surface area contributed by atoms with Crippen LogP contribution in [-0.4, -0.2) is 128 Å². The largest absolute Gasteiger partial charge is 0.398 e. The number of aliphatic hydroxyl groups is 8. The summed E-state index contributed by atoms with van der Waals surface area (Å²) in [7, 11) is -4.99.